The minimum Gasteiger partial charge on any atom is -0.459 e. The van der Waals surface area contributed by atoms with E-state index in [0.717, 1.165) is 4.90 Å². The molecule has 0 N–H and O–H groups in total. The van der Waals surface area contributed by atoms with E-state index in [0.29, 0.717) is 13.0 Å². The van der Waals surface area contributed by atoms with Gasteiger partial charge >= 0.3 is 14.5 Å². The predicted octanol–water partition coefficient (Wildman–Crippen LogP) is 4.89. The van der Waals surface area contributed by atoms with Crippen molar-refractivity contribution < 1.29 is 23.1 Å². The number of carbonyl (C=O) groups is 1. The Hall–Kier alpha value is -0.863. The molecule has 3 saturated heterocycles. The Morgan fingerprint density at radius 3 is 2.28 bits per heavy atom. The molecule has 1 aromatic carbocycles. The van der Waals surface area contributed by atoms with Crippen molar-refractivity contribution >= 4 is 26.3 Å². The van der Waals surface area contributed by atoms with Crippen molar-refractivity contribution in [3.8, 4) is 0 Å². The van der Waals surface area contributed by atoms with Crippen molar-refractivity contribution in [2.75, 3.05) is 6.61 Å². The lowest BCUT2D eigenvalue weighted by atomic mass is 9.92. The van der Waals surface area contributed by atoms with Crippen molar-refractivity contribution in [2.24, 2.45) is 5.92 Å². The quantitative estimate of drug-likeness (QED) is 0.486. The van der Waals surface area contributed by atoms with Crippen LogP contribution in [0.2, 0.25) is 10.1 Å². The molecule has 3 aliphatic heterocycles. The first kappa shape index (κ1) is 21.4. The highest BCUT2D eigenvalue weighted by molar-refractivity contribution is 7.99. The maximum absolute atomic E-state index is 12.3. The summed E-state index contributed by atoms with van der Waals surface area (Å²) in [6, 6.07) is 10.2. The monoisotopic (exact) mass is 436 g/mol. The SMILES string of the molecule is CC(C)(C)[Si]1(C(C)(C)C)OC[C@H]2O[C@H](Sc3ccccc3)[C@H]3CC(=O)O[C@H]3[C@@H]2O1. The predicted molar refractivity (Wildman–Crippen MR) is 115 cm³/mol. The zero-order chi connectivity index (χ0) is 21.0. The van der Waals surface area contributed by atoms with Gasteiger partial charge < -0.3 is 18.3 Å². The minimum atomic E-state index is -2.65. The van der Waals surface area contributed by atoms with Crippen LogP contribution in [0.5, 0.6) is 0 Å². The van der Waals surface area contributed by atoms with Gasteiger partial charge in [-0.3, -0.25) is 4.79 Å². The molecule has 29 heavy (non-hydrogen) atoms. The average molecular weight is 437 g/mol. The van der Waals surface area contributed by atoms with E-state index in [9.17, 15) is 4.79 Å². The third-order valence-electron chi connectivity index (χ3n) is 6.16. The van der Waals surface area contributed by atoms with Crippen molar-refractivity contribution in [1.82, 2.24) is 0 Å². The second-order valence-electron chi connectivity index (χ2n) is 10.3. The Balaban J connectivity index is 1.63. The molecule has 0 unspecified atom stereocenters. The molecule has 0 bridgehead atoms. The number of benzene rings is 1. The summed E-state index contributed by atoms with van der Waals surface area (Å²) in [7, 11) is -2.65. The zero-order valence-corrected chi connectivity index (χ0v) is 20.0. The Kier molecular flexibility index (Phi) is 5.44. The van der Waals surface area contributed by atoms with E-state index in [1.165, 1.54) is 0 Å². The van der Waals surface area contributed by atoms with E-state index in [4.69, 9.17) is 18.3 Å². The topological polar surface area (TPSA) is 54.0 Å². The van der Waals surface area contributed by atoms with E-state index >= 15 is 0 Å². The zero-order valence-electron chi connectivity index (χ0n) is 18.1. The molecule has 5 nitrogen and oxygen atoms in total. The number of hydrogen-bond donors (Lipinski definition) is 0. The van der Waals surface area contributed by atoms with Crippen LogP contribution < -0.4 is 0 Å². The Labute approximate surface area is 179 Å². The highest BCUT2D eigenvalue weighted by atomic mass is 32.2. The normalized spacial score (nSPS) is 34.3. The summed E-state index contributed by atoms with van der Waals surface area (Å²) < 4.78 is 25.8. The Bertz CT molecular complexity index is 743. The molecule has 4 rings (SSSR count). The number of esters is 1. The smallest absolute Gasteiger partial charge is 0.349 e. The molecule has 3 heterocycles. The Morgan fingerprint density at radius 1 is 1.00 bits per heavy atom. The molecule has 5 atom stereocenters. The van der Waals surface area contributed by atoms with E-state index in [1.54, 1.807) is 11.8 Å². The van der Waals surface area contributed by atoms with Gasteiger partial charge in [-0.1, -0.05) is 71.5 Å². The third-order valence-corrected chi connectivity index (χ3v) is 12.5. The van der Waals surface area contributed by atoms with Gasteiger partial charge in [0.25, 0.3) is 0 Å². The Morgan fingerprint density at radius 2 is 1.66 bits per heavy atom. The average Bonchev–Trinajstić information content (AvgIpc) is 3.02. The summed E-state index contributed by atoms with van der Waals surface area (Å²) in [6.45, 7) is 13.7. The summed E-state index contributed by atoms with van der Waals surface area (Å²) in [5.41, 5.74) is -0.152. The van der Waals surface area contributed by atoms with Crippen molar-refractivity contribution in [3.63, 3.8) is 0 Å². The molecule has 7 heteroatoms. The highest BCUT2D eigenvalue weighted by Crippen LogP contribution is 2.56. The van der Waals surface area contributed by atoms with Crippen molar-refractivity contribution in [3.05, 3.63) is 30.3 Å². The minimum absolute atomic E-state index is 0.0151. The standard InChI is InChI=1S/C22H32O5SSi/c1-21(2,3)29(22(4,5)6)24-13-16-19(27-29)18-15(12-17(23)26-18)20(25-16)28-14-10-8-7-9-11-14/h7-11,15-16,18-20H,12-13H2,1-6H3/t15-,16+,18+,19+,20+/m0/s1. The second kappa shape index (κ2) is 7.37. The van der Waals surface area contributed by atoms with Crippen LogP contribution in [-0.2, 0) is 23.1 Å². The van der Waals surface area contributed by atoms with Gasteiger partial charge in [-0.2, -0.15) is 0 Å². The number of thioether (sulfide) groups is 1. The number of fused-ring (bicyclic) bond motifs is 3. The van der Waals surface area contributed by atoms with Gasteiger partial charge in [0.05, 0.1) is 13.0 Å². The molecule has 3 aliphatic rings. The first-order valence-corrected chi connectivity index (χ1v) is 13.1. The summed E-state index contributed by atoms with van der Waals surface area (Å²) in [5.74, 6) is -0.171. The molecule has 0 saturated carbocycles. The fraction of sp³-hybridized carbons (Fsp3) is 0.682. The van der Waals surface area contributed by atoms with Crippen molar-refractivity contribution in [2.45, 2.75) is 86.7 Å². The number of carbonyl (C=O) groups excluding carboxylic acids is 1. The molecule has 0 radical (unpaired) electrons. The molecular weight excluding hydrogens is 404 g/mol. The largest absolute Gasteiger partial charge is 0.459 e. The number of hydrogen-bond acceptors (Lipinski definition) is 6. The highest BCUT2D eigenvalue weighted by Gasteiger charge is 2.66. The maximum Gasteiger partial charge on any atom is 0.349 e. The molecule has 0 spiro atoms. The molecule has 0 aromatic heterocycles. The van der Waals surface area contributed by atoms with Crippen LogP contribution in [-0.4, -0.2) is 44.9 Å². The van der Waals surface area contributed by atoms with E-state index < -0.39 is 8.56 Å². The molecular formula is C22H32O5SSi. The first-order chi connectivity index (χ1) is 13.5. The lowest BCUT2D eigenvalue weighted by molar-refractivity contribution is -0.199. The van der Waals surface area contributed by atoms with Gasteiger partial charge in [0.1, 0.15) is 23.7 Å². The number of ether oxygens (including phenoxy) is 2. The fourth-order valence-electron chi connectivity index (χ4n) is 5.08. The molecule has 3 fully saturated rings. The van der Waals surface area contributed by atoms with Gasteiger partial charge in [0, 0.05) is 20.9 Å². The lowest BCUT2D eigenvalue weighted by Crippen LogP contribution is -2.69. The van der Waals surface area contributed by atoms with Crippen LogP contribution in [0.1, 0.15) is 48.0 Å². The second-order valence-corrected chi connectivity index (χ2v) is 16.2. The summed E-state index contributed by atoms with van der Waals surface area (Å²) in [4.78, 5) is 13.4. The lowest BCUT2D eigenvalue weighted by Gasteiger charge is -2.57. The molecule has 0 amide bonds. The number of rotatable bonds is 2. The van der Waals surface area contributed by atoms with Crippen LogP contribution in [0, 0.1) is 5.92 Å². The third kappa shape index (κ3) is 3.69. The summed E-state index contributed by atoms with van der Waals surface area (Å²) >= 11 is 1.66. The molecule has 1 aromatic rings. The van der Waals surface area contributed by atoms with Crippen LogP contribution in [0.3, 0.4) is 0 Å². The van der Waals surface area contributed by atoms with Gasteiger partial charge in [-0.05, 0) is 12.1 Å². The van der Waals surface area contributed by atoms with E-state index in [-0.39, 0.29) is 45.7 Å². The summed E-state index contributed by atoms with van der Waals surface area (Å²) in [6.07, 6.45) is -0.392. The van der Waals surface area contributed by atoms with Gasteiger partial charge in [0.2, 0.25) is 0 Å². The van der Waals surface area contributed by atoms with Gasteiger partial charge in [-0.25, -0.2) is 0 Å². The van der Waals surface area contributed by atoms with Crippen molar-refractivity contribution in [1.29, 1.82) is 0 Å². The van der Waals surface area contributed by atoms with Crippen LogP contribution >= 0.6 is 11.8 Å². The molecule has 0 aliphatic carbocycles. The van der Waals surface area contributed by atoms with Gasteiger partial charge in [-0.15, -0.1) is 0 Å². The first-order valence-electron chi connectivity index (χ1n) is 10.4. The van der Waals surface area contributed by atoms with Crippen LogP contribution in [0.15, 0.2) is 35.2 Å². The molecule has 160 valence electrons. The van der Waals surface area contributed by atoms with Crippen LogP contribution in [0.25, 0.3) is 0 Å². The fourth-order valence-corrected chi connectivity index (χ4v) is 11.2. The maximum atomic E-state index is 12.3. The van der Waals surface area contributed by atoms with E-state index in [1.807, 2.05) is 18.2 Å². The van der Waals surface area contributed by atoms with E-state index in [2.05, 4.69) is 53.7 Å². The summed E-state index contributed by atoms with van der Waals surface area (Å²) in [5, 5.41) is -0.242. The van der Waals surface area contributed by atoms with Crippen LogP contribution in [0.4, 0.5) is 0 Å². The van der Waals surface area contributed by atoms with Gasteiger partial charge in [0.15, 0.2) is 0 Å².